The van der Waals surface area contributed by atoms with Gasteiger partial charge in [0.25, 0.3) is 11.6 Å². The van der Waals surface area contributed by atoms with E-state index in [0.717, 1.165) is 6.07 Å². The topological polar surface area (TPSA) is 107 Å². The number of hydrogen-bond acceptors (Lipinski definition) is 5. The summed E-state index contributed by atoms with van der Waals surface area (Å²) < 4.78 is 4.88. The number of anilines is 1. The molecule has 0 radical (unpaired) electrons. The van der Waals surface area contributed by atoms with E-state index in [1.165, 1.54) is 19.2 Å². The molecular weight excluding hydrogens is 238 g/mol. The molecule has 0 bridgehead atoms. The molecule has 18 heavy (non-hydrogen) atoms. The van der Waals surface area contributed by atoms with Crippen LogP contribution in [0.15, 0.2) is 18.2 Å². The second-order valence-electron chi connectivity index (χ2n) is 3.86. The van der Waals surface area contributed by atoms with Crippen LogP contribution in [0, 0.1) is 10.1 Å². The van der Waals surface area contributed by atoms with Gasteiger partial charge in [-0.2, -0.15) is 0 Å². The van der Waals surface area contributed by atoms with Crippen molar-refractivity contribution in [2.75, 3.05) is 19.5 Å². The second-order valence-corrected chi connectivity index (χ2v) is 3.86. The number of benzene rings is 1. The smallest absolute Gasteiger partial charge is 0.270 e. The van der Waals surface area contributed by atoms with Crippen LogP contribution in [0.1, 0.15) is 17.3 Å². The molecule has 7 heteroatoms. The first-order chi connectivity index (χ1) is 8.45. The number of nitrogens with one attached hydrogen (secondary N) is 1. The van der Waals surface area contributed by atoms with Crippen LogP contribution in [0.25, 0.3) is 0 Å². The highest BCUT2D eigenvalue weighted by Crippen LogP contribution is 2.19. The molecule has 7 nitrogen and oxygen atoms in total. The van der Waals surface area contributed by atoms with Crippen molar-refractivity contribution < 1.29 is 14.5 Å². The third-order valence-electron chi connectivity index (χ3n) is 2.29. The van der Waals surface area contributed by atoms with Crippen molar-refractivity contribution in [3.05, 3.63) is 33.9 Å². The van der Waals surface area contributed by atoms with Crippen molar-refractivity contribution in [1.29, 1.82) is 0 Å². The number of non-ortho nitro benzene ring substituents is 1. The highest BCUT2D eigenvalue weighted by Gasteiger charge is 2.16. The van der Waals surface area contributed by atoms with Crippen molar-refractivity contribution in [3.63, 3.8) is 0 Å². The molecule has 0 unspecified atom stereocenters. The fourth-order valence-electron chi connectivity index (χ4n) is 1.45. The van der Waals surface area contributed by atoms with E-state index in [1.54, 1.807) is 6.92 Å². The molecule has 1 aromatic rings. The number of carbonyl (C=O) groups is 1. The molecule has 0 spiro atoms. The van der Waals surface area contributed by atoms with Gasteiger partial charge in [-0.15, -0.1) is 0 Å². The quantitative estimate of drug-likeness (QED) is 0.461. The third kappa shape index (κ3) is 3.42. The van der Waals surface area contributed by atoms with Gasteiger partial charge in [0.1, 0.15) is 0 Å². The van der Waals surface area contributed by atoms with Gasteiger partial charge in [0.2, 0.25) is 0 Å². The normalized spacial score (nSPS) is 11.9. The van der Waals surface area contributed by atoms with E-state index in [2.05, 4.69) is 5.32 Å². The Bertz CT molecular complexity index is 462. The number of methoxy groups -OCH3 is 1. The first-order valence-corrected chi connectivity index (χ1v) is 5.29. The Balaban J connectivity index is 2.91. The van der Waals surface area contributed by atoms with Crippen molar-refractivity contribution in [2.24, 2.45) is 0 Å². The van der Waals surface area contributed by atoms with Crippen molar-refractivity contribution in [1.82, 2.24) is 5.32 Å². The highest BCUT2D eigenvalue weighted by molar-refractivity contribution is 5.99. The Morgan fingerprint density at radius 1 is 1.61 bits per heavy atom. The van der Waals surface area contributed by atoms with E-state index in [0.29, 0.717) is 6.61 Å². The van der Waals surface area contributed by atoms with Gasteiger partial charge < -0.3 is 15.8 Å². The minimum atomic E-state index is -0.575. The van der Waals surface area contributed by atoms with E-state index in [1.807, 2.05) is 0 Å². The van der Waals surface area contributed by atoms with Crippen LogP contribution >= 0.6 is 0 Å². The van der Waals surface area contributed by atoms with Crippen molar-refractivity contribution >= 4 is 17.3 Å². The Morgan fingerprint density at radius 2 is 2.28 bits per heavy atom. The Hall–Kier alpha value is -2.15. The molecule has 1 aromatic carbocycles. The number of nitrogen functional groups attached to an aromatic ring is 1. The second kappa shape index (κ2) is 5.97. The van der Waals surface area contributed by atoms with Crippen molar-refractivity contribution in [2.45, 2.75) is 13.0 Å². The SMILES string of the molecule is COC[C@@H](C)NC(=O)c1cc([N+](=O)[O-])ccc1N. The zero-order chi connectivity index (χ0) is 13.7. The molecule has 0 aliphatic carbocycles. The number of nitrogens with zero attached hydrogens (tertiary/aromatic N) is 1. The standard InChI is InChI=1S/C11H15N3O4/c1-7(6-18-2)13-11(15)9-5-8(14(16)17)3-4-10(9)12/h3-5,7H,6,12H2,1-2H3,(H,13,15)/t7-/m1/s1. The largest absolute Gasteiger partial charge is 0.398 e. The number of rotatable bonds is 5. The maximum absolute atomic E-state index is 11.9. The monoisotopic (exact) mass is 253 g/mol. The number of carbonyl (C=O) groups excluding carboxylic acids is 1. The van der Waals surface area contributed by atoms with Crippen LogP contribution in [-0.4, -0.2) is 30.6 Å². The van der Waals surface area contributed by atoms with Crippen LogP contribution in [0.3, 0.4) is 0 Å². The van der Waals surface area contributed by atoms with E-state index < -0.39 is 10.8 Å². The molecule has 0 saturated heterocycles. The van der Waals surface area contributed by atoms with Crippen LogP contribution in [0.4, 0.5) is 11.4 Å². The summed E-state index contributed by atoms with van der Waals surface area (Å²) in [5.74, 6) is -0.458. The predicted octanol–water partition coefficient (Wildman–Crippen LogP) is 0.942. The first-order valence-electron chi connectivity index (χ1n) is 5.29. The summed E-state index contributed by atoms with van der Waals surface area (Å²) in [5.41, 5.74) is 5.74. The van der Waals surface area contributed by atoms with E-state index in [-0.39, 0.29) is 23.0 Å². The van der Waals surface area contributed by atoms with Gasteiger partial charge in [-0.3, -0.25) is 14.9 Å². The lowest BCUT2D eigenvalue weighted by atomic mass is 10.1. The maximum Gasteiger partial charge on any atom is 0.270 e. The summed E-state index contributed by atoms with van der Waals surface area (Å²) in [6.07, 6.45) is 0. The molecule has 0 heterocycles. The van der Waals surface area contributed by atoms with Crippen LogP contribution in [-0.2, 0) is 4.74 Å². The average molecular weight is 253 g/mol. The molecule has 0 aliphatic rings. The average Bonchev–Trinajstić information content (AvgIpc) is 2.29. The molecule has 0 fully saturated rings. The van der Waals surface area contributed by atoms with Gasteiger partial charge in [-0.25, -0.2) is 0 Å². The predicted molar refractivity (Wildman–Crippen MR) is 66.3 cm³/mol. The van der Waals surface area contributed by atoms with E-state index in [9.17, 15) is 14.9 Å². The van der Waals surface area contributed by atoms with Crippen LogP contribution in [0.5, 0.6) is 0 Å². The number of nitro groups is 1. The summed E-state index contributed by atoms with van der Waals surface area (Å²) in [7, 11) is 1.52. The molecule has 3 N–H and O–H groups in total. The number of ether oxygens (including phenoxy) is 1. The number of nitrogens with two attached hydrogens (primary N) is 1. The fraction of sp³-hybridized carbons (Fsp3) is 0.364. The van der Waals surface area contributed by atoms with Gasteiger partial charge in [0, 0.05) is 31.0 Å². The molecule has 0 saturated carbocycles. The molecule has 1 amide bonds. The molecule has 0 aliphatic heterocycles. The van der Waals surface area contributed by atoms with Crippen LogP contribution < -0.4 is 11.1 Å². The van der Waals surface area contributed by atoms with Gasteiger partial charge in [0.15, 0.2) is 0 Å². The number of amides is 1. The third-order valence-corrected chi connectivity index (χ3v) is 2.29. The highest BCUT2D eigenvalue weighted by atomic mass is 16.6. The molecule has 0 aromatic heterocycles. The van der Waals surface area contributed by atoms with Gasteiger partial charge in [-0.05, 0) is 13.0 Å². The lowest BCUT2D eigenvalue weighted by molar-refractivity contribution is -0.384. The Kier molecular flexibility index (Phi) is 4.61. The molecule has 1 rings (SSSR count). The van der Waals surface area contributed by atoms with E-state index in [4.69, 9.17) is 10.5 Å². The minimum absolute atomic E-state index is 0.0900. The molecular formula is C11H15N3O4. The summed E-state index contributed by atoms with van der Waals surface area (Å²) >= 11 is 0. The molecule has 98 valence electrons. The minimum Gasteiger partial charge on any atom is -0.398 e. The van der Waals surface area contributed by atoms with Gasteiger partial charge in [-0.1, -0.05) is 0 Å². The maximum atomic E-state index is 11.9. The summed E-state index contributed by atoms with van der Waals surface area (Å²) in [5, 5.41) is 13.3. The van der Waals surface area contributed by atoms with E-state index >= 15 is 0 Å². The van der Waals surface area contributed by atoms with Gasteiger partial charge in [0.05, 0.1) is 17.1 Å². The molecule has 1 atom stereocenters. The zero-order valence-corrected chi connectivity index (χ0v) is 10.2. The van der Waals surface area contributed by atoms with Crippen molar-refractivity contribution in [3.8, 4) is 0 Å². The summed E-state index contributed by atoms with van der Waals surface area (Å²) in [4.78, 5) is 21.9. The van der Waals surface area contributed by atoms with Crippen LogP contribution in [0.2, 0.25) is 0 Å². The number of nitro benzene ring substituents is 1. The lowest BCUT2D eigenvalue weighted by Crippen LogP contribution is -2.35. The number of hydrogen-bond donors (Lipinski definition) is 2. The lowest BCUT2D eigenvalue weighted by Gasteiger charge is -2.13. The first kappa shape index (κ1) is 13.9. The summed E-state index contributed by atoms with van der Waals surface area (Å²) in [6, 6.07) is 3.55. The summed E-state index contributed by atoms with van der Waals surface area (Å²) in [6.45, 7) is 2.11. The Morgan fingerprint density at radius 3 is 2.83 bits per heavy atom. The van der Waals surface area contributed by atoms with Gasteiger partial charge >= 0.3 is 0 Å². The zero-order valence-electron chi connectivity index (χ0n) is 10.2. The Labute approximate surface area is 104 Å². The fourth-order valence-corrected chi connectivity index (χ4v) is 1.45.